The van der Waals surface area contributed by atoms with E-state index in [0.717, 1.165) is 4.90 Å². The van der Waals surface area contributed by atoms with Gasteiger partial charge in [-0.3, -0.25) is 24.1 Å². The van der Waals surface area contributed by atoms with Crippen molar-refractivity contribution in [3.63, 3.8) is 0 Å². The molecule has 0 aliphatic carbocycles. The molecule has 0 spiro atoms. The van der Waals surface area contributed by atoms with Crippen LogP contribution in [0.5, 0.6) is 17.2 Å². The summed E-state index contributed by atoms with van der Waals surface area (Å²) in [7, 11) is 1.53. The Morgan fingerprint density at radius 1 is 0.976 bits per heavy atom. The molecule has 1 heterocycles. The number of nitrogens with one attached hydrogen (secondary N) is 2. The molecule has 3 aromatic rings. The summed E-state index contributed by atoms with van der Waals surface area (Å²) in [6.45, 7) is 1.25. The van der Waals surface area contributed by atoms with Crippen molar-refractivity contribution in [3.05, 3.63) is 81.4 Å². The van der Waals surface area contributed by atoms with E-state index in [1.165, 1.54) is 37.5 Å². The molecule has 0 saturated carbocycles. The smallest absolute Gasteiger partial charge is 0.294 e. The van der Waals surface area contributed by atoms with E-state index in [0.29, 0.717) is 44.7 Å². The van der Waals surface area contributed by atoms with Crippen LogP contribution in [-0.2, 0) is 14.4 Å². The van der Waals surface area contributed by atoms with Crippen LogP contribution < -0.4 is 24.8 Å². The molecule has 3 aromatic carbocycles. The molecule has 4 amide bonds. The normalized spacial score (nSPS) is 13.7. The predicted molar refractivity (Wildman–Crippen MR) is 160 cm³/mol. The number of methoxy groups -OCH3 is 1. The van der Waals surface area contributed by atoms with Crippen LogP contribution in [0, 0.1) is 5.82 Å². The Balaban J connectivity index is 1.43. The minimum atomic E-state index is -0.609. The summed E-state index contributed by atoms with van der Waals surface area (Å²) in [5.74, 6) is -0.858. The Labute approximate surface area is 253 Å². The second-order valence-corrected chi connectivity index (χ2v) is 10.5. The van der Waals surface area contributed by atoms with Gasteiger partial charge >= 0.3 is 0 Å². The average molecular weight is 659 g/mol. The van der Waals surface area contributed by atoms with Gasteiger partial charge in [0.05, 0.1) is 23.1 Å². The highest BCUT2D eigenvalue weighted by atomic mass is 79.9. The van der Waals surface area contributed by atoms with E-state index in [1.54, 1.807) is 43.3 Å². The Bertz CT molecular complexity index is 1530. The third-order valence-corrected chi connectivity index (χ3v) is 7.15. The van der Waals surface area contributed by atoms with Gasteiger partial charge in [-0.05, 0) is 107 Å². The van der Waals surface area contributed by atoms with Gasteiger partial charge in [-0.2, -0.15) is 0 Å². The van der Waals surface area contributed by atoms with Gasteiger partial charge in [-0.1, -0.05) is 0 Å². The van der Waals surface area contributed by atoms with Crippen molar-refractivity contribution in [2.24, 2.45) is 0 Å². The third kappa shape index (κ3) is 7.89. The molecule has 0 bridgehead atoms. The lowest BCUT2D eigenvalue weighted by Crippen LogP contribution is -2.36. The van der Waals surface area contributed by atoms with E-state index >= 15 is 0 Å². The number of hydrogen-bond acceptors (Lipinski definition) is 8. The number of rotatable bonds is 11. The third-order valence-electron chi connectivity index (χ3n) is 5.65. The molecule has 1 aliphatic rings. The molecule has 0 unspecified atom stereocenters. The number of carbonyl (C=O) groups is 4. The van der Waals surface area contributed by atoms with Crippen molar-refractivity contribution >= 4 is 68.1 Å². The standard InChI is InChI=1S/C29H25BrFN3O7S/c1-3-40-23-13-17(12-22(30)27(23)41-16-26(36)33-19-6-4-18(31)5-7-19)14-24-28(37)34(29(38)42-24)15-25(35)32-20-8-10-21(39-2)11-9-20/h4-14H,3,15-16H2,1-2H3,(H,32,35)(H,33,36)/b24-14+. The van der Waals surface area contributed by atoms with Crippen molar-refractivity contribution in [3.8, 4) is 17.2 Å². The molecule has 10 nitrogen and oxygen atoms in total. The summed E-state index contributed by atoms with van der Waals surface area (Å²) in [6.07, 6.45) is 1.50. The fourth-order valence-electron chi connectivity index (χ4n) is 3.75. The molecule has 0 radical (unpaired) electrons. The van der Waals surface area contributed by atoms with Gasteiger partial charge in [0, 0.05) is 11.4 Å². The molecule has 1 saturated heterocycles. The first kappa shape index (κ1) is 30.6. The molecule has 4 rings (SSSR count). The number of imide groups is 1. The lowest BCUT2D eigenvalue weighted by molar-refractivity contribution is -0.127. The maximum atomic E-state index is 13.1. The van der Waals surface area contributed by atoms with E-state index in [2.05, 4.69) is 26.6 Å². The first-order valence-corrected chi connectivity index (χ1v) is 14.1. The van der Waals surface area contributed by atoms with Crippen LogP contribution in [0.1, 0.15) is 12.5 Å². The van der Waals surface area contributed by atoms with Crippen LogP contribution in [0.15, 0.2) is 70.0 Å². The van der Waals surface area contributed by atoms with Gasteiger partial charge in [0.1, 0.15) is 18.1 Å². The Kier molecular flexibility index (Phi) is 10.2. The molecular weight excluding hydrogens is 633 g/mol. The quantitative estimate of drug-likeness (QED) is 0.252. The molecule has 0 atom stereocenters. The summed E-state index contributed by atoms with van der Waals surface area (Å²) < 4.78 is 30.0. The topological polar surface area (TPSA) is 123 Å². The predicted octanol–water partition coefficient (Wildman–Crippen LogP) is 5.69. The van der Waals surface area contributed by atoms with Crippen molar-refractivity contribution in [1.82, 2.24) is 4.90 Å². The van der Waals surface area contributed by atoms with Crippen molar-refractivity contribution < 1.29 is 37.8 Å². The minimum absolute atomic E-state index is 0.124. The van der Waals surface area contributed by atoms with Gasteiger partial charge < -0.3 is 24.8 Å². The van der Waals surface area contributed by atoms with E-state index in [-0.39, 0.29) is 23.9 Å². The van der Waals surface area contributed by atoms with Crippen LogP contribution in [0.25, 0.3) is 6.08 Å². The van der Waals surface area contributed by atoms with Crippen LogP contribution in [0.3, 0.4) is 0 Å². The van der Waals surface area contributed by atoms with E-state index in [9.17, 15) is 23.6 Å². The lowest BCUT2D eigenvalue weighted by Gasteiger charge is -2.15. The number of halogens is 2. The monoisotopic (exact) mass is 657 g/mol. The summed E-state index contributed by atoms with van der Waals surface area (Å²) in [5.41, 5.74) is 1.42. The molecular formula is C29H25BrFN3O7S. The van der Waals surface area contributed by atoms with Gasteiger partial charge in [-0.25, -0.2) is 4.39 Å². The van der Waals surface area contributed by atoms with Crippen LogP contribution >= 0.6 is 27.7 Å². The molecule has 218 valence electrons. The fourth-order valence-corrected chi connectivity index (χ4v) is 5.16. The number of ether oxygens (including phenoxy) is 3. The number of benzene rings is 3. The SMILES string of the molecule is CCOc1cc(/C=C2/SC(=O)N(CC(=O)Nc3ccc(OC)cc3)C2=O)cc(Br)c1OCC(=O)Nc1ccc(F)cc1. The zero-order valence-corrected chi connectivity index (χ0v) is 24.8. The highest BCUT2D eigenvalue weighted by molar-refractivity contribution is 9.10. The summed E-state index contributed by atoms with van der Waals surface area (Å²) in [4.78, 5) is 51.4. The number of nitrogens with zero attached hydrogens (tertiary/aromatic N) is 1. The van der Waals surface area contributed by atoms with Gasteiger partial charge in [0.25, 0.3) is 17.1 Å². The van der Waals surface area contributed by atoms with E-state index < -0.39 is 35.3 Å². The number of hydrogen-bond donors (Lipinski definition) is 2. The lowest BCUT2D eigenvalue weighted by atomic mass is 10.2. The zero-order chi connectivity index (χ0) is 30.2. The van der Waals surface area contributed by atoms with Gasteiger partial charge in [0.2, 0.25) is 5.91 Å². The first-order chi connectivity index (χ1) is 20.2. The molecule has 1 aliphatic heterocycles. The zero-order valence-electron chi connectivity index (χ0n) is 22.4. The first-order valence-electron chi connectivity index (χ1n) is 12.5. The highest BCUT2D eigenvalue weighted by Crippen LogP contribution is 2.39. The fraction of sp³-hybridized carbons (Fsp3) is 0.172. The van der Waals surface area contributed by atoms with Crippen molar-refractivity contribution in [2.75, 3.05) is 37.5 Å². The Hall–Kier alpha value is -4.36. The number of carbonyl (C=O) groups excluding carboxylic acids is 4. The second kappa shape index (κ2) is 14.0. The summed E-state index contributed by atoms with van der Waals surface area (Å²) >= 11 is 4.13. The van der Waals surface area contributed by atoms with Crippen molar-refractivity contribution in [2.45, 2.75) is 6.92 Å². The maximum Gasteiger partial charge on any atom is 0.294 e. The molecule has 42 heavy (non-hydrogen) atoms. The average Bonchev–Trinajstić information content (AvgIpc) is 3.21. The summed E-state index contributed by atoms with van der Waals surface area (Å²) in [5, 5.41) is 4.68. The van der Waals surface area contributed by atoms with Crippen LogP contribution in [0.4, 0.5) is 20.6 Å². The second-order valence-electron chi connectivity index (χ2n) is 8.65. The molecule has 2 N–H and O–H groups in total. The molecule has 13 heteroatoms. The number of anilines is 2. The van der Waals surface area contributed by atoms with Crippen LogP contribution in [-0.4, -0.2) is 54.7 Å². The van der Waals surface area contributed by atoms with E-state index in [4.69, 9.17) is 14.2 Å². The molecule has 0 aromatic heterocycles. The Morgan fingerprint density at radius 2 is 1.62 bits per heavy atom. The maximum absolute atomic E-state index is 13.1. The summed E-state index contributed by atoms with van der Waals surface area (Å²) in [6, 6.07) is 15.2. The van der Waals surface area contributed by atoms with Gasteiger partial charge in [-0.15, -0.1) is 0 Å². The largest absolute Gasteiger partial charge is 0.497 e. The van der Waals surface area contributed by atoms with E-state index in [1.807, 2.05) is 0 Å². The molecule has 1 fully saturated rings. The minimum Gasteiger partial charge on any atom is -0.497 e. The van der Waals surface area contributed by atoms with Crippen molar-refractivity contribution in [1.29, 1.82) is 0 Å². The van der Waals surface area contributed by atoms with Gasteiger partial charge in [0.15, 0.2) is 18.1 Å². The Morgan fingerprint density at radius 3 is 2.26 bits per heavy atom. The highest BCUT2D eigenvalue weighted by Gasteiger charge is 2.36. The number of amides is 4. The number of thioether (sulfide) groups is 1. The van der Waals surface area contributed by atoms with Crippen LogP contribution in [0.2, 0.25) is 0 Å².